The highest BCUT2D eigenvalue weighted by molar-refractivity contribution is 6.41. The smallest absolute Gasteiger partial charge is 0.355 e. The van der Waals surface area contributed by atoms with Crippen LogP contribution in [-0.4, -0.2) is 23.0 Å². The van der Waals surface area contributed by atoms with Gasteiger partial charge >= 0.3 is 5.97 Å². The van der Waals surface area contributed by atoms with Crippen molar-refractivity contribution >= 4 is 35.1 Å². The number of nitrogens with one attached hydrogen (secondary N) is 1. The van der Waals surface area contributed by atoms with E-state index in [0.29, 0.717) is 0 Å². The Balaban J connectivity index is 2.73. The molecule has 1 amide bonds. The van der Waals surface area contributed by atoms with Gasteiger partial charge in [-0.15, -0.1) is 0 Å². The Morgan fingerprint density at radius 3 is 2.53 bits per heavy atom. The number of aromatic nitrogens is 1. The van der Waals surface area contributed by atoms with Gasteiger partial charge in [-0.2, -0.15) is 0 Å². The van der Waals surface area contributed by atoms with Gasteiger partial charge in [0.05, 0.1) is 5.02 Å². The molecule has 5 nitrogen and oxygen atoms in total. The predicted molar refractivity (Wildman–Crippen MR) is 54.9 cm³/mol. The quantitative estimate of drug-likeness (QED) is 0.795. The molecule has 7 heteroatoms. The van der Waals surface area contributed by atoms with Gasteiger partial charge in [0.1, 0.15) is 10.8 Å². The third-order valence-electron chi connectivity index (χ3n) is 1.63. The molecule has 0 saturated carbocycles. The summed E-state index contributed by atoms with van der Waals surface area (Å²) in [6.07, 6.45) is -1.00. The molecule has 0 spiro atoms. The molecule has 0 aromatic carbocycles. The molecule has 15 heavy (non-hydrogen) atoms. The zero-order valence-electron chi connectivity index (χ0n) is 7.71. The highest BCUT2D eigenvalue weighted by atomic mass is 35.5. The molecule has 1 heterocycles. The van der Waals surface area contributed by atoms with E-state index in [1.165, 1.54) is 13.0 Å². The average molecular weight is 251 g/mol. The van der Waals surface area contributed by atoms with Crippen LogP contribution in [0.1, 0.15) is 17.4 Å². The summed E-state index contributed by atoms with van der Waals surface area (Å²) in [6, 6.07) is 1.31. The molecular weight excluding hydrogens is 243 g/mol. The Bertz CT molecular complexity index is 383. The van der Waals surface area contributed by atoms with E-state index >= 15 is 0 Å². The molecule has 82 valence electrons. The zero-order chi connectivity index (χ0) is 11.6. The number of rotatable bonds is 3. The molecular formula is C8H8Cl2N2O3. The minimum atomic E-state index is -1.00. The Hall–Kier alpha value is -1.20. The highest BCUT2D eigenvalue weighted by Crippen LogP contribution is 2.22. The number of ether oxygens (including phenoxy) is 1. The fourth-order valence-electron chi connectivity index (χ4n) is 0.796. The first-order valence-corrected chi connectivity index (χ1v) is 4.71. The fourth-order valence-corrected chi connectivity index (χ4v) is 1.11. The van der Waals surface area contributed by atoms with Crippen LogP contribution in [0.3, 0.4) is 0 Å². The van der Waals surface area contributed by atoms with Crippen molar-refractivity contribution in [2.75, 3.05) is 0 Å². The maximum absolute atomic E-state index is 11.3. The van der Waals surface area contributed by atoms with Gasteiger partial charge in [0, 0.05) is 0 Å². The molecule has 3 N–H and O–H groups in total. The van der Waals surface area contributed by atoms with Crippen LogP contribution in [0.4, 0.5) is 0 Å². The molecule has 1 unspecified atom stereocenters. The third-order valence-corrected chi connectivity index (χ3v) is 2.32. The Morgan fingerprint density at radius 2 is 2.13 bits per heavy atom. The number of carbonyl (C=O) groups is 2. The second-order valence-electron chi connectivity index (χ2n) is 2.79. The van der Waals surface area contributed by atoms with Crippen LogP contribution in [-0.2, 0) is 9.53 Å². The number of esters is 1. The second kappa shape index (κ2) is 4.55. The van der Waals surface area contributed by atoms with Crippen LogP contribution in [0.2, 0.25) is 10.2 Å². The molecule has 0 aliphatic heterocycles. The predicted octanol–water partition coefficient (Wildman–Crippen LogP) is 1.35. The monoisotopic (exact) mass is 250 g/mol. The summed E-state index contributed by atoms with van der Waals surface area (Å²) in [5, 5.41) is 0.339. The van der Waals surface area contributed by atoms with Crippen molar-refractivity contribution in [2.45, 2.75) is 13.0 Å². The van der Waals surface area contributed by atoms with Gasteiger partial charge in [0.2, 0.25) is 0 Å². The largest absolute Gasteiger partial charge is 0.448 e. The Kier molecular flexibility index (Phi) is 3.60. The van der Waals surface area contributed by atoms with Crippen LogP contribution < -0.4 is 5.73 Å². The number of aromatic amines is 1. The van der Waals surface area contributed by atoms with Gasteiger partial charge in [-0.3, -0.25) is 4.79 Å². The number of primary amides is 1. The van der Waals surface area contributed by atoms with Crippen molar-refractivity contribution in [1.29, 1.82) is 0 Å². The van der Waals surface area contributed by atoms with Gasteiger partial charge in [0.15, 0.2) is 6.10 Å². The summed E-state index contributed by atoms with van der Waals surface area (Å²) in [4.78, 5) is 24.5. The van der Waals surface area contributed by atoms with Crippen molar-refractivity contribution < 1.29 is 14.3 Å². The number of amides is 1. The number of hydrogen-bond acceptors (Lipinski definition) is 3. The summed E-state index contributed by atoms with van der Waals surface area (Å²) in [7, 11) is 0. The van der Waals surface area contributed by atoms with Crippen molar-refractivity contribution in [3.63, 3.8) is 0 Å². The van der Waals surface area contributed by atoms with Crippen LogP contribution in [0, 0.1) is 0 Å². The van der Waals surface area contributed by atoms with Crippen LogP contribution in [0.5, 0.6) is 0 Å². The SMILES string of the molecule is CC(OC(=O)c1cc(Cl)c(Cl)[nH]1)C(N)=O. The lowest BCUT2D eigenvalue weighted by molar-refractivity contribution is -0.125. The number of H-pyrrole nitrogens is 1. The number of carbonyl (C=O) groups excluding carboxylic acids is 2. The van der Waals surface area contributed by atoms with E-state index in [0.717, 1.165) is 0 Å². The van der Waals surface area contributed by atoms with E-state index < -0.39 is 18.0 Å². The summed E-state index contributed by atoms with van der Waals surface area (Å²) < 4.78 is 4.70. The lowest BCUT2D eigenvalue weighted by Crippen LogP contribution is -2.30. The van der Waals surface area contributed by atoms with Crippen molar-refractivity contribution in [2.24, 2.45) is 5.73 Å². The molecule has 0 fully saturated rings. The zero-order valence-corrected chi connectivity index (χ0v) is 9.22. The molecule has 0 radical (unpaired) electrons. The van der Waals surface area contributed by atoms with Crippen molar-refractivity contribution in [1.82, 2.24) is 4.98 Å². The van der Waals surface area contributed by atoms with Gasteiger partial charge in [-0.25, -0.2) is 4.79 Å². The number of nitrogens with two attached hydrogens (primary N) is 1. The van der Waals surface area contributed by atoms with Gasteiger partial charge in [-0.05, 0) is 13.0 Å². The van der Waals surface area contributed by atoms with Gasteiger partial charge in [-0.1, -0.05) is 23.2 Å². The molecule has 1 aromatic heterocycles. The lowest BCUT2D eigenvalue weighted by Gasteiger charge is -2.07. The highest BCUT2D eigenvalue weighted by Gasteiger charge is 2.18. The average Bonchev–Trinajstić information content (AvgIpc) is 2.46. The first kappa shape index (κ1) is 11.9. The van der Waals surface area contributed by atoms with E-state index in [2.05, 4.69) is 4.98 Å². The van der Waals surface area contributed by atoms with Crippen LogP contribution >= 0.6 is 23.2 Å². The van der Waals surface area contributed by atoms with E-state index in [1.807, 2.05) is 0 Å². The maximum atomic E-state index is 11.3. The van der Waals surface area contributed by atoms with Gasteiger partial charge < -0.3 is 15.5 Å². The maximum Gasteiger partial charge on any atom is 0.355 e. The molecule has 0 aliphatic rings. The van der Waals surface area contributed by atoms with E-state index in [4.69, 9.17) is 33.7 Å². The number of hydrogen-bond donors (Lipinski definition) is 2. The van der Waals surface area contributed by atoms with E-state index in [9.17, 15) is 9.59 Å². The molecule has 1 rings (SSSR count). The standard InChI is InChI=1S/C8H8Cl2N2O3/c1-3(7(11)13)15-8(14)5-2-4(9)6(10)12-5/h2-3,12H,1H3,(H2,11,13). The summed E-state index contributed by atoms with van der Waals surface area (Å²) in [5.41, 5.74) is 4.99. The molecule has 1 atom stereocenters. The normalized spacial score (nSPS) is 12.2. The molecule has 0 bridgehead atoms. The minimum absolute atomic E-state index is 0.0677. The molecule has 0 saturated heterocycles. The van der Waals surface area contributed by atoms with E-state index in [1.54, 1.807) is 0 Å². The second-order valence-corrected chi connectivity index (χ2v) is 3.58. The first-order chi connectivity index (χ1) is 6.91. The Morgan fingerprint density at radius 1 is 1.53 bits per heavy atom. The summed E-state index contributed by atoms with van der Waals surface area (Å²) in [5.74, 6) is -1.47. The van der Waals surface area contributed by atoms with Gasteiger partial charge in [0.25, 0.3) is 5.91 Å². The first-order valence-electron chi connectivity index (χ1n) is 3.96. The van der Waals surface area contributed by atoms with Crippen molar-refractivity contribution in [3.05, 3.63) is 21.9 Å². The van der Waals surface area contributed by atoms with Crippen LogP contribution in [0.25, 0.3) is 0 Å². The number of halogens is 2. The Labute approximate surface area is 95.5 Å². The molecule has 0 aliphatic carbocycles. The lowest BCUT2D eigenvalue weighted by atomic mass is 10.4. The van der Waals surface area contributed by atoms with E-state index in [-0.39, 0.29) is 15.9 Å². The van der Waals surface area contributed by atoms with Crippen LogP contribution in [0.15, 0.2) is 6.07 Å². The minimum Gasteiger partial charge on any atom is -0.448 e. The third kappa shape index (κ3) is 2.87. The summed E-state index contributed by atoms with van der Waals surface area (Å²) in [6.45, 7) is 1.37. The summed E-state index contributed by atoms with van der Waals surface area (Å²) >= 11 is 11.2. The van der Waals surface area contributed by atoms with Crippen molar-refractivity contribution in [3.8, 4) is 0 Å². The fraction of sp³-hybridized carbons (Fsp3) is 0.250. The molecule has 1 aromatic rings. The topological polar surface area (TPSA) is 85.2 Å².